The Hall–Kier alpha value is -0.460. The molecule has 2 amide bonds. The van der Waals surface area contributed by atoms with Crippen LogP contribution in [0.3, 0.4) is 0 Å². The number of rotatable bonds is 4. The Kier molecular flexibility index (Phi) is 7.88. The Bertz CT molecular complexity index is 448. The van der Waals surface area contributed by atoms with Crippen molar-refractivity contribution < 1.29 is 9.59 Å². The molecular formula is C17H32ClN3O2S. The van der Waals surface area contributed by atoms with Gasteiger partial charge in [0.15, 0.2) is 0 Å². The van der Waals surface area contributed by atoms with Crippen molar-refractivity contribution in [2.24, 2.45) is 10.8 Å². The van der Waals surface area contributed by atoms with Crippen molar-refractivity contribution in [3.05, 3.63) is 0 Å². The molecule has 7 heteroatoms. The van der Waals surface area contributed by atoms with Crippen molar-refractivity contribution in [3.63, 3.8) is 0 Å². The molecule has 2 aliphatic rings. The molecule has 1 atom stereocenters. The molecule has 2 saturated heterocycles. The standard InChI is InChI=1S/C17H31N3O2S.ClH/c1-16(2,3)9-14(21)20-12-23-10-13(20)15(22)19-11-17(4)5-7-18-8-6-17;/h13,18H,5-12H2,1-4H3,(H,19,22);1H. The zero-order valence-electron chi connectivity index (χ0n) is 15.3. The maximum atomic E-state index is 12.6. The molecular weight excluding hydrogens is 346 g/mol. The lowest BCUT2D eigenvalue weighted by molar-refractivity contribution is -0.139. The number of hydrogen-bond acceptors (Lipinski definition) is 4. The van der Waals surface area contributed by atoms with Gasteiger partial charge in [0.25, 0.3) is 0 Å². The van der Waals surface area contributed by atoms with Crippen molar-refractivity contribution in [1.82, 2.24) is 15.5 Å². The molecule has 0 aromatic heterocycles. The molecule has 0 bridgehead atoms. The van der Waals surface area contributed by atoms with E-state index in [1.165, 1.54) is 0 Å². The Labute approximate surface area is 156 Å². The molecule has 140 valence electrons. The predicted molar refractivity (Wildman–Crippen MR) is 102 cm³/mol. The van der Waals surface area contributed by atoms with Crippen LogP contribution in [-0.2, 0) is 9.59 Å². The largest absolute Gasteiger partial charge is 0.354 e. The Morgan fingerprint density at radius 3 is 2.50 bits per heavy atom. The summed E-state index contributed by atoms with van der Waals surface area (Å²) < 4.78 is 0. The number of carbonyl (C=O) groups excluding carboxylic acids is 2. The molecule has 0 saturated carbocycles. The van der Waals surface area contributed by atoms with Gasteiger partial charge in [-0.05, 0) is 36.8 Å². The lowest BCUT2D eigenvalue weighted by Crippen LogP contribution is -2.51. The van der Waals surface area contributed by atoms with E-state index in [0.29, 0.717) is 24.6 Å². The van der Waals surface area contributed by atoms with Crippen LogP contribution in [0.25, 0.3) is 0 Å². The fourth-order valence-electron chi connectivity index (χ4n) is 3.09. The van der Waals surface area contributed by atoms with Crippen molar-refractivity contribution in [2.75, 3.05) is 31.3 Å². The zero-order chi connectivity index (χ0) is 17.1. The Morgan fingerprint density at radius 1 is 1.29 bits per heavy atom. The van der Waals surface area contributed by atoms with Crippen LogP contribution in [-0.4, -0.2) is 54.0 Å². The summed E-state index contributed by atoms with van der Waals surface area (Å²) in [5, 5.41) is 6.47. The Balaban J connectivity index is 0.00000288. The fourth-order valence-corrected chi connectivity index (χ4v) is 4.27. The van der Waals surface area contributed by atoms with E-state index in [-0.39, 0.29) is 41.1 Å². The van der Waals surface area contributed by atoms with E-state index in [1.807, 2.05) is 0 Å². The van der Waals surface area contributed by atoms with Crippen LogP contribution in [0.4, 0.5) is 0 Å². The fraction of sp³-hybridized carbons (Fsp3) is 0.882. The molecule has 2 aliphatic heterocycles. The van der Waals surface area contributed by atoms with Gasteiger partial charge in [-0.1, -0.05) is 27.7 Å². The number of halogens is 1. The minimum absolute atomic E-state index is 0. The second-order valence-electron chi connectivity index (χ2n) is 8.40. The molecule has 0 aromatic rings. The minimum atomic E-state index is -0.305. The van der Waals surface area contributed by atoms with Gasteiger partial charge in [0.2, 0.25) is 11.8 Å². The maximum Gasteiger partial charge on any atom is 0.243 e. The molecule has 1 unspecified atom stereocenters. The van der Waals surface area contributed by atoms with Crippen LogP contribution >= 0.6 is 24.2 Å². The summed E-state index contributed by atoms with van der Waals surface area (Å²) in [4.78, 5) is 26.8. The van der Waals surface area contributed by atoms with Crippen molar-refractivity contribution >= 4 is 36.0 Å². The highest BCUT2D eigenvalue weighted by molar-refractivity contribution is 7.99. The number of nitrogens with zero attached hydrogens (tertiary/aromatic N) is 1. The van der Waals surface area contributed by atoms with Crippen LogP contribution in [0.2, 0.25) is 0 Å². The third-order valence-electron chi connectivity index (χ3n) is 4.69. The smallest absolute Gasteiger partial charge is 0.243 e. The first-order valence-corrected chi connectivity index (χ1v) is 9.71. The first kappa shape index (κ1) is 21.6. The highest BCUT2D eigenvalue weighted by atomic mass is 35.5. The van der Waals surface area contributed by atoms with Crippen LogP contribution in [0, 0.1) is 10.8 Å². The lowest BCUT2D eigenvalue weighted by Gasteiger charge is -2.35. The number of piperidine rings is 1. The van der Waals surface area contributed by atoms with Crippen molar-refractivity contribution in [2.45, 2.75) is 53.0 Å². The van der Waals surface area contributed by atoms with Gasteiger partial charge in [0.1, 0.15) is 6.04 Å². The summed E-state index contributed by atoms with van der Waals surface area (Å²) in [5.41, 5.74) is 0.126. The third kappa shape index (κ3) is 6.12. The highest BCUT2D eigenvalue weighted by Gasteiger charge is 2.36. The normalized spacial score (nSPS) is 23.5. The van der Waals surface area contributed by atoms with E-state index < -0.39 is 0 Å². The number of hydrogen-bond donors (Lipinski definition) is 2. The van der Waals surface area contributed by atoms with E-state index in [4.69, 9.17) is 0 Å². The first-order chi connectivity index (χ1) is 10.7. The van der Waals surface area contributed by atoms with Crippen molar-refractivity contribution in [1.29, 1.82) is 0 Å². The predicted octanol–water partition coefficient (Wildman–Crippen LogP) is 2.25. The SMILES string of the molecule is CC(C)(C)CC(=O)N1CSCC1C(=O)NCC1(C)CCNCC1.Cl. The van der Waals surface area contributed by atoms with E-state index in [1.54, 1.807) is 16.7 Å². The van der Waals surface area contributed by atoms with Crippen LogP contribution in [0.15, 0.2) is 0 Å². The number of amides is 2. The van der Waals surface area contributed by atoms with E-state index in [2.05, 4.69) is 38.3 Å². The summed E-state index contributed by atoms with van der Waals surface area (Å²) in [5.74, 6) is 1.45. The van der Waals surface area contributed by atoms with E-state index in [9.17, 15) is 9.59 Å². The lowest BCUT2D eigenvalue weighted by atomic mass is 9.81. The van der Waals surface area contributed by atoms with Gasteiger partial charge < -0.3 is 15.5 Å². The van der Waals surface area contributed by atoms with Gasteiger partial charge in [0.05, 0.1) is 5.88 Å². The molecule has 0 radical (unpaired) electrons. The van der Waals surface area contributed by atoms with Gasteiger partial charge in [-0.2, -0.15) is 0 Å². The molecule has 2 fully saturated rings. The summed E-state index contributed by atoms with van der Waals surface area (Å²) in [7, 11) is 0. The van der Waals surface area contributed by atoms with Gasteiger partial charge in [-0.15, -0.1) is 24.2 Å². The van der Waals surface area contributed by atoms with Gasteiger partial charge in [-0.3, -0.25) is 9.59 Å². The molecule has 0 aliphatic carbocycles. The van der Waals surface area contributed by atoms with E-state index in [0.717, 1.165) is 25.9 Å². The van der Waals surface area contributed by atoms with Crippen LogP contribution < -0.4 is 10.6 Å². The van der Waals surface area contributed by atoms with Crippen molar-refractivity contribution in [3.8, 4) is 0 Å². The van der Waals surface area contributed by atoms with Crippen LogP contribution in [0.1, 0.15) is 47.0 Å². The molecule has 2 heterocycles. The Morgan fingerprint density at radius 2 is 1.92 bits per heavy atom. The molecule has 5 nitrogen and oxygen atoms in total. The molecule has 2 N–H and O–H groups in total. The van der Waals surface area contributed by atoms with Crippen LogP contribution in [0.5, 0.6) is 0 Å². The zero-order valence-corrected chi connectivity index (χ0v) is 16.9. The summed E-state index contributed by atoms with van der Waals surface area (Å²) in [6.45, 7) is 11.1. The second-order valence-corrected chi connectivity index (χ2v) is 9.39. The topological polar surface area (TPSA) is 61.4 Å². The number of carbonyl (C=O) groups is 2. The van der Waals surface area contributed by atoms with E-state index >= 15 is 0 Å². The quantitative estimate of drug-likeness (QED) is 0.788. The summed E-state index contributed by atoms with van der Waals surface area (Å²) in [6, 6.07) is -0.305. The molecule has 2 rings (SSSR count). The molecule has 0 aromatic carbocycles. The van der Waals surface area contributed by atoms with Gasteiger partial charge >= 0.3 is 0 Å². The minimum Gasteiger partial charge on any atom is -0.354 e. The molecule has 0 spiro atoms. The van der Waals surface area contributed by atoms with Gasteiger partial charge in [0, 0.05) is 18.7 Å². The summed E-state index contributed by atoms with van der Waals surface area (Å²) >= 11 is 1.67. The second kappa shape index (κ2) is 8.77. The first-order valence-electron chi connectivity index (χ1n) is 8.56. The third-order valence-corrected chi connectivity index (χ3v) is 5.70. The average Bonchev–Trinajstić information content (AvgIpc) is 2.93. The molecule has 24 heavy (non-hydrogen) atoms. The summed E-state index contributed by atoms with van der Waals surface area (Å²) in [6.07, 6.45) is 2.65. The highest BCUT2D eigenvalue weighted by Crippen LogP contribution is 2.28. The van der Waals surface area contributed by atoms with Gasteiger partial charge in [-0.25, -0.2) is 0 Å². The number of thioether (sulfide) groups is 1. The average molecular weight is 378 g/mol. The monoisotopic (exact) mass is 377 g/mol. The number of nitrogens with one attached hydrogen (secondary N) is 2. The maximum absolute atomic E-state index is 12.6.